The highest BCUT2D eigenvalue weighted by Gasteiger charge is 2.31. The molecule has 0 spiro atoms. The van der Waals surface area contributed by atoms with E-state index in [9.17, 15) is 0 Å². The van der Waals surface area contributed by atoms with Crippen LogP contribution >= 0.6 is 0 Å². The molecular formula is C7H16N2. The smallest absolute Gasteiger partial charge is 0.0240 e. The summed E-state index contributed by atoms with van der Waals surface area (Å²) in [6, 6.07) is 0.644. The first-order valence-corrected chi connectivity index (χ1v) is 3.62. The fourth-order valence-corrected chi connectivity index (χ4v) is 1.31. The van der Waals surface area contributed by atoms with E-state index < -0.39 is 0 Å². The fraction of sp³-hybridized carbons (Fsp3) is 1.00. The van der Waals surface area contributed by atoms with Crippen LogP contribution in [-0.4, -0.2) is 31.6 Å². The van der Waals surface area contributed by atoms with Crippen molar-refractivity contribution in [2.24, 2.45) is 11.7 Å². The molecule has 0 aromatic carbocycles. The molecule has 2 heteroatoms. The van der Waals surface area contributed by atoms with E-state index in [0.29, 0.717) is 6.04 Å². The third-order valence-electron chi connectivity index (χ3n) is 2.07. The molecule has 1 atom stereocenters. The van der Waals surface area contributed by atoms with Crippen LogP contribution in [0.3, 0.4) is 0 Å². The van der Waals surface area contributed by atoms with Crippen LogP contribution < -0.4 is 5.73 Å². The number of nitrogens with two attached hydrogens (primary N) is 1. The molecule has 0 radical (unpaired) electrons. The molecule has 1 rings (SSSR count). The first-order chi connectivity index (χ1) is 4.25. The second-order valence-electron chi connectivity index (χ2n) is 3.10. The third kappa shape index (κ3) is 1.66. The van der Waals surface area contributed by atoms with Gasteiger partial charge in [0.05, 0.1) is 0 Å². The quantitative estimate of drug-likeness (QED) is 0.591. The van der Waals surface area contributed by atoms with Gasteiger partial charge in [-0.25, -0.2) is 0 Å². The van der Waals surface area contributed by atoms with E-state index in [0.717, 1.165) is 12.5 Å². The van der Waals surface area contributed by atoms with E-state index in [1.165, 1.54) is 12.8 Å². The lowest BCUT2D eigenvalue weighted by molar-refractivity contribution is 0.271. The molecule has 1 saturated carbocycles. The van der Waals surface area contributed by atoms with Crippen molar-refractivity contribution in [3.63, 3.8) is 0 Å². The summed E-state index contributed by atoms with van der Waals surface area (Å²) >= 11 is 0. The molecule has 0 heterocycles. The average molecular weight is 128 g/mol. The summed E-state index contributed by atoms with van der Waals surface area (Å²) in [7, 11) is 4.21. The van der Waals surface area contributed by atoms with E-state index in [-0.39, 0.29) is 0 Å². The predicted molar refractivity (Wildman–Crippen MR) is 39.3 cm³/mol. The van der Waals surface area contributed by atoms with E-state index in [2.05, 4.69) is 19.0 Å². The molecule has 0 bridgehead atoms. The molecule has 0 unspecified atom stereocenters. The summed E-state index contributed by atoms with van der Waals surface area (Å²) in [5.74, 6) is 0.907. The van der Waals surface area contributed by atoms with Gasteiger partial charge >= 0.3 is 0 Å². The maximum absolute atomic E-state index is 5.57. The standard InChI is InChI=1S/C7H16N2/c1-9(2)7(5-8)6-3-4-6/h6-7H,3-5,8H2,1-2H3/t7-/m1/s1. The van der Waals surface area contributed by atoms with Crippen molar-refractivity contribution in [1.82, 2.24) is 4.90 Å². The van der Waals surface area contributed by atoms with Gasteiger partial charge in [-0.05, 0) is 32.9 Å². The minimum atomic E-state index is 0.644. The monoisotopic (exact) mass is 128 g/mol. The Morgan fingerprint density at radius 2 is 2.11 bits per heavy atom. The van der Waals surface area contributed by atoms with Crippen LogP contribution in [0, 0.1) is 5.92 Å². The van der Waals surface area contributed by atoms with Crippen molar-refractivity contribution in [2.45, 2.75) is 18.9 Å². The lowest BCUT2D eigenvalue weighted by atomic mass is 10.2. The van der Waals surface area contributed by atoms with Gasteiger partial charge < -0.3 is 10.6 Å². The summed E-state index contributed by atoms with van der Waals surface area (Å²) in [6.07, 6.45) is 2.78. The Balaban J connectivity index is 2.28. The third-order valence-corrected chi connectivity index (χ3v) is 2.07. The Hall–Kier alpha value is -0.0800. The number of nitrogens with zero attached hydrogens (tertiary/aromatic N) is 1. The fourth-order valence-electron chi connectivity index (χ4n) is 1.31. The second kappa shape index (κ2) is 2.67. The largest absolute Gasteiger partial charge is 0.329 e. The second-order valence-corrected chi connectivity index (χ2v) is 3.10. The Labute approximate surface area is 57.0 Å². The zero-order valence-electron chi connectivity index (χ0n) is 6.30. The van der Waals surface area contributed by atoms with E-state index in [4.69, 9.17) is 5.73 Å². The van der Waals surface area contributed by atoms with Gasteiger partial charge in [-0.2, -0.15) is 0 Å². The van der Waals surface area contributed by atoms with E-state index >= 15 is 0 Å². The van der Waals surface area contributed by atoms with Crippen molar-refractivity contribution in [3.8, 4) is 0 Å². The highest BCUT2D eigenvalue weighted by Crippen LogP contribution is 2.33. The minimum Gasteiger partial charge on any atom is -0.329 e. The molecule has 54 valence electrons. The van der Waals surface area contributed by atoms with Gasteiger partial charge in [-0.15, -0.1) is 0 Å². The molecule has 1 aliphatic carbocycles. The Morgan fingerprint density at radius 3 is 2.22 bits per heavy atom. The molecule has 0 amide bonds. The molecule has 0 aromatic heterocycles. The number of hydrogen-bond acceptors (Lipinski definition) is 2. The van der Waals surface area contributed by atoms with E-state index in [1.807, 2.05) is 0 Å². The molecule has 1 aliphatic rings. The van der Waals surface area contributed by atoms with Crippen LogP contribution in [0.25, 0.3) is 0 Å². The van der Waals surface area contributed by atoms with Crippen LogP contribution in [0.2, 0.25) is 0 Å². The Kier molecular flexibility index (Phi) is 2.09. The highest BCUT2D eigenvalue weighted by molar-refractivity contribution is 4.86. The van der Waals surface area contributed by atoms with Crippen molar-refractivity contribution in [3.05, 3.63) is 0 Å². The van der Waals surface area contributed by atoms with Crippen molar-refractivity contribution < 1.29 is 0 Å². The van der Waals surface area contributed by atoms with Crippen molar-refractivity contribution in [1.29, 1.82) is 0 Å². The van der Waals surface area contributed by atoms with Crippen molar-refractivity contribution in [2.75, 3.05) is 20.6 Å². The number of rotatable bonds is 3. The Morgan fingerprint density at radius 1 is 1.56 bits per heavy atom. The highest BCUT2D eigenvalue weighted by atomic mass is 15.1. The van der Waals surface area contributed by atoms with Crippen LogP contribution in [-0.2, 0) is 0 Å². The van der Waals surface area contributed by atoms with Gasteiger partial charge in [0.15, 0.2) is 0 Å². The molecule has 0 saturated heterocycles. The molecule has 2 N–H and O–H groups in total. The van der Waals surface area contributed by atoms with Gasteiger partial charge in [-0.1, -0.05) is 0 Å². The van der Waals surface area contributed by atoms with Crippen LogP contribution in [0.1, 0.15) is 12.8 Å². The van der Waals surface area contributed by atoms with Gasteiger partial charge in [0, 0.05) is 12.6 Å². The summed E-state index contributed by atoms with van der Waals surface area (Å²) in [6.45, 7) is 0.817. The summed E-state index contributed by atoms with van der Waals surface area (Å²) in [5, 5.41) is 0. The maximum Gasteiger partial charge on any atom is 0.0240 e. The van der Waals surface area contributed by atoms with Crippen LogP contribution in [0.5, 0.6) is 0 Å². The molecule has 1 fully saturated rings. The first kappa shape index (κ1) is 7.03. The first-order valence-electron chi connectivity index (χ1n) is 3.62. The lowest BCUT2D eigenvalue weighted by Crippen LogP contribution is -2.36. The number of likely N-dealkylation sites (N-methyl/N-ethyl adjacent to an activating group) is 1. The summed E-state index contributed by atoms with van der Waals surface area (Å²) < 4.78 is 0. The molecule has 0 aromatic rings. The van der Waals surface area contributed by atoms with Gasteiger partial charge in [0.1, 0.15) is 0 Å². The van der Waals surface area contributed by atoms with E-state index in [1.54, 1.807) is 0 Å². The Bertz CT molecular complexity index is 84.9. The molecule has 0 aliphatic heterocycles. The maximum atomic E-state index is 5.57. The molecule has 9 heavy (non-hydrogen) atoms. The SMILES string of the molecule is CN(C)[C@H](CN)C1CC1. The molecular weight excluding hydrogens is 112 g/mol. The zero-order chi connectivity index (χ0) is 6.85. The normalized spacial score (nSPS) is 22.7. The topological polar surface area (TPSA) is 29.3 Å². The zero-order valence-corrected chi connectivity index (χ0v) is 6.30. The predicted octanol–water partition coefficient (Wildman–Crippen LogP) is 0.285. The van der Waals surface area contributed by atoms with Crippen LogP contribution in [0.4, 0.5) is 0 Å². The van der Waals surface area contributed by atoms with Gasteiger partial charge in [0.25, 0.3) is 0 Å². The average Bonchev–Trinajstić information content (AvgIpc) is 2.50. The van der Waals surface area contributed by atoms with Gasteiger partial charge in [-0.3, -0.25) is 0 Å². The van der Waals surface area contributed by atoms with Crippen molar-refractivity contribution >= 4 is 0 Å². The summed E-state index contributed by atoms with van der Waals surface area (Å²) in [4.78, 5) is 2.23. The molecule has 2 nitrogen and oxygen atoms in total. The number of hydrogen-bond donors (Lipinski definition) is 1. The van der Waals surface area contributed by atoms with Crippen LogP contribution in [0.15, 0.2) is 0 Å². The summed E-state index contributed by atoms with van der Waals surface area (Å²) in [5.41, 5.74) is 5.57. The lowest BCUT2D eigenvalue weighted by Gasteiger charge is -2.21. The van der Waals surface area contributed by atoms with Gasteiger partial charge in [0.2, 0.25) is 0 Å². The minimum absolute atomic E-state index is 0.644.